The van der Waals surface area contributed by atoms with Crippen molar-refractivity contribution in [2.75, 3.05) is 0 Å². The Kier molecular flexibility index (Phi) is 4.13. The molecule has 76 valence electrons. The van der Waals surface area contributed by atoms with E-state index in [4.69, 9.17) is 10.2 Å². The molecule has 1 aromatic rings. The van der Waals surface area contributed by atoms with Gasteiger partial charge in [0.05, 0.1) is 6.61 Å². The lowest BCUT2D eigenvalue weighted by Crippen LogP contribution is -1.98. The molecular weight excluding hydrogens is 180 g/mol. The van der Waals surface area contributed by atoms with Gasteiger partial charge in [0.1, 0.15) is 0 Å². The van der Waals surface area contributed by atoms with Gasteiger partial charge in [-0.3, -0.25) is 4.79 Å². The molecule has 0 heterocycles. The predicted molar refractivity (Wildman–Crippen MR) is 52.9 cm³/mol. The summed E-state index contributed by atoms with van der Waals surface area (Å²) in [5.41, 5.74) is 1.93. The number of hydrogen-bond donors (Lipinski definition) is 2. The van der Waals surface area contributed by atoms with Crippen molar-refractivity contribution in [1.29, 1.82) is 0 Å². The Bertz CT molecular complexity index is 307. The number of carboxylic acid groups (broad SMARTS) is 1. The maximum absolute atomic E-state index is 10.3. The molecular formula is C11H14O3. The molecule has 14 heavy (non-hydrogen) atoms. The normalized spacial score (nSPS) is 10.1. The number of benzene rings is 1. The molecule has 0 bridgehead atoms. The summed E-state index contributed by atoms with van der Waals surface area (Å²) in [4.78, 5) is 10.3. The summed E-state index contributed by atoms with van der Waals surface area (Å²) in [5, 5.41) is 17.5. The molecule has 0 saturated heterocycles. The monoisotopic (exact) mass is 194 g/mol. The van der Waals surface area contributed by atoms with Gasteiger partial charge in [0.2, 0.25) is 0 Å². The number of rotatable bonds is 5. The van der Waals surface area contributed by atoms with Crippen LogP contribution in [0.2, 0.25) is 0 Å². The third-order valence-electron chi connectivity index (χ3n) is 2.13. The fourth-order valence-corrected chi connectivity index (χ4v) is 1.39. The highest BCUT2D eigenvalue weighted by atomic mass is 16.4. The average Bonchev–Trinajstić information content (AvgIpc) is 2.18. The molecule has 3 nitrogen and oxygen atoms in total. The SMILES string of the molecule is O=C(O)CCCc1ccccc1CO. The van der Waals surface area contributed by atoms with Crippen LogP contribution in [0.3, 0.4) is 0 Å². The molecule has 1 aromatic carbocycles. The Balaban J connectivity index is 2.53. The Labute approximate surface area is 83.0 Å². The molecule has 0 saturated carbocycles. The van der Waals surface area contributed by atoms with Crippen LogP contribution < -0.4 is 0 Å². The lowest BCUT2D eigenvalue weighted by atomic mass is 10.0. The molecule has 1 rings (SSSR count). The summed E-state index contributed by atoms with van der Waals surface area (Å²) in [6, 6.07) is 7.55. The third kappa shape index (κ3) is 3.18. The van der Waals surface area contributed by atoms with E-state index in [0.29, 0.717) is 12.8 Å². The van der Waals surface area contributed by atoms with Crippen LogP contribution in [-0.2, 0) is 17.8 Å². The second-order valence-corrected chi connectivity index (χ2v) is 3.17. The molecule has 0 atom stereocenters. The van der Waals surface area contributed by atoms with Crippen molar-refractivity contribution in [2.45, 2.75) is 25.9 Å². The van der Waals surface area contributed by atoms with Crippen LogP contribution in [-0.4, -0.2) is 16.2 Å². The number of aliphatic hydroxyl groups excluding tert-OH is 1. The van der Waals surface area contributed by atoms with Crippen LogP contribution in [0.25, 0.3) is 0 Å². The van der Waals surface area contributed by atoms with E-state index in [0.717, 1.165) is 11.1 Å². The van der Waals surface area contributed by atoms with Crippen molar-refractivity contribution < 1.29 is 15.0 Å². The fourth-order valence-electron chi connectivity index (χ4n) is 1.39. The van der Waals surface area contributed by atoms with E-state index in [1.807, 2.05) is 24.3 Å². The number of hydrogen-bond acceptors (Lipinski definition) is 2. The first kappa shape index (κ1) is 10.7. The van der Waals surface area contributed by atoms with E-state index in [1.54, 1.807) is 0 Å². The first-order valence-electron chi connectivity index (χ1n) is 4.63. The van der Waals surface area contributed by atoms with Gasteiger partial charge in [0.15, 0.2) is 0 Å². The fraction of sp³-hybridized carbons (Fsp3) is 0.364. The van der Waals surface area contributed by atoms with Crippen LogP contribution in [0.5, 0.6) is 0 Å². The standard InChI is InChI=1S/C11H14O3/c12-8-10-5-2-1-4-9(10)6-3-7-11(13)14/h1-2,4-5,12H,3,6-8H2,(H,13,14). The Morgan fingerprint density at radius 1 is 1.21 bits per heavy atom. The van der Waals surface area contributed by atoms with Crippen LogP contribution in [0.1, 0.15) is 24.0 Å². The highest BCUT2D eigenvalue weighted by Gasteiger charge is 2.02. The van der Waals surface area contributed by atoms with Gasteiger partial charge in [-0.05, 0) is 24.0 Å². The maximum atomic E-state index is 10.3. The number of aliphatic carboxylic acids is 1. The molecule has 0 aliphatic carbocycles. The van der Waals surface area contributed by atoms with Crippen molar-refractivity contribution in [3.63, 3.8) is 0 Å². The van der Waals surface area contributed by atoms with Crippen molar-refractivity contribution in [2.24, 2.45) is 0 Å². The maximum Gasteiger partial charge on any atom is 0.303 e. The molecule has 0 fully saturated rings. The van der Waals surface area contributed by atoms with Gasteiger partial charge < -0.3 is 10.2 Å². The molecule has 0 aliphatic heterocycles. The predicted octanol–water partition coefficient (Wildman–Crippen LogP) is 1.59. The highest BCUT2D eigenvalue weighted by Crippen LogP contribution is 2.11. The summed E-state index contributed by atoms with van der Waals surface area (Å²) >= 11 is 0. The van der Waals surface area contributed by atoms with E-state index in [9.17, 15) is 4.79 Å². The molecule has 0 unspecified atom stereocenters. The van der Waals surface area contributed by atoms with Crippen LogP contribution in [0.15, 0.2) is 24.3 Å². The summed E-state index contributed by atoms with van der Waals surface area (Å²) in [7, 11) is 0. The molecule has 0 radical (unpaired) electrons. The minimum atomic E-state index is -0.772. The molecule has 0 aliphatic rings. The number of carbonyl (C=O) groups is 1. The Morgan fingerprint density at radius 2 is 1.86 bits per heavy atom. The lowest BCUT2D eigenvalue weighted by Gasteiger charge is -2.05. The van der Waals surface area contributed by atoms with Crippen molar-refractivity contribution in [3.05, 3.63) is 35.4 Å². The first-order valence-corrected chi connectivity index (χ1v) is 4.63. The second-order valence-electron chi connectivity index (χ2n) is 3.17. The van der Waals surface area contributed by atoms with Crippen LogP contribution >= 0.6 is 0 Å². The number of aliphatic hydroxyl groups is 1. The molecule has 3 heteroatoms. The summed E-state index contributed by atoms with van der Waals surface area (Å²) in [6.07, 6.45) is 1.51. The third-order valence-corrected chi connectivity index (χ3v) is 2.13. The van der Waals surface area contributed by atoms with E-state index < -0.39 is 5.97 Å². The molecule has 0 amide bonds. The van der Waals surface area contributed by atoms with E-state index in [2.05, 4.69) is 0 Å². The quantitative estimate of drug-likeness (QED) is 0.748. The van der Waals surface area contributed by atoms with Crippen molar-refractivity contribution >= 4 is 5.97 Å². The van der Waals surface area contributed by atoms with E-state index in [1.165, 1.54) is 0 Å². The van der Waals surface area contributed by atoms with Gasteiger partial charge in [0.25, 0.3) is 0 Å². The second kappa shape index (κ2) is 5.40. The van der Waals surface area contributed by atoms with Crippen LogP contribution in [0, 0.1) is 0 Å². The van der Waals surface area contributed by atoms with E-state index in [-0.39, 0.29) is 13.0 Å². The van der Waals surface area contributed by atoms with Crippen molar-refractivity contribution in [3.8, 4) is 0 Å². The highest BCUT2D eigenvalue weighted by molar-refractivity contribution is 5.66. The zero-order valence-electron chi connectivity index (χ0n) is 7.94. The van der Waals surface area contributed by atoms with Gasteiger partial charge in [0, 0.05) is 6.42 Å². The summed E-state index contributed by atoms with van der Waals surface area (Å²) in [5.74, 6) is -0.772. The average molecular weight is 194 g/mol. The molecule has 0 aromatic heterocycles. The van der Waals surface area contributed by atoms with Gasteiger partial charge in [-0.1, -0.05) is 24.3 Å². The lowest BCUT2D eigenvalue weighted by molar-refractivity contribution is -0.137. The molecule has 0 spiro atoms. The van der Waals surface area contributed by atoms with Crippen LogP contribution in [0.4, 0.5) is 0 Å². The topological polar surface area (TPSA) is 57.5 Å². The minimum Gasteiger partial charge on any atom is -0.481 e. The number of aryl methyl sites for hydroxylation is 1. The summed E-state index contributed by atoms with van der Waals surface area (Å²) in [6.45, 7) is 0.0171. The zero-order chi connectivity index (χ0) is 10.4. The van der Waals surface area contributed by atoms with Crippen molar-refractivity contribution in [1.82, 2.24) is 0 Å². The van der Waals surface area contributed by atoms with Gasteiger partial charge in [-0.25, -0.2) is 0 Å². The largest absolute Gasteiger partial charge is 0.481 e. The molecule has 2 N–H and O–H groups in total. The van der Waals surface area contributed by atoms with Gasteiger partial charge in [-0.2, -0.15) is 0 Å². The Morgan fingerprint density at radius 3 is 2.43 bits per heavy atom. The smallest absolute Gasteiger partial charge is 0.303 e. The number of carboxylic acids is 1. The first-order chi connectivity index (χ1) is 6.74. The van der Waals surface area contributed by atoms with Gasteiger partial charge in [-0.15, -0.1) is 0 Å². The minimum absolute atomic E-state index is 0.0171. The van der Waals surface area contributed by atoms with Gasteiger partial charge >= 0.3 is 5.97 Å². The van der Waals surface area contributed by atoms with E-state index >= 15 is 0 Å². The summed E-state index contributed by atoms with van der Waals surface area (Å²) < 4.78 is 0. The zero-order valence-corrected chi connectivity index (χ0v) is 7.94. The Hall–Kier alpha value is -1.35.